The molecule has 0 saturated carbocycles. The third-order valence-corrected chi connectivity index (χ3v) is 2.95. The van der Waals surface area contributed by atoms with Gasteiger partial charge in [0.1, 0.15) is 22.7 Å². The first-order chi connectivity index (χ1) is 10.6. The number of amides is 1. The Balaban J connectivity index is 2.40. The van der Waals surface area contributed by atoms with Gasteiger partial charge in [-0.25, -0.2) is 9.59 Å². The highest BCUT2D eigenvalue weighted by Crippen LogP contribution is 2.15. The lowest BCUT2D eigenvalue weighted by Gasteiger charge is -2.21. The molecule has 130 valence electrons. The maximum Gasteiger partial charge on any atom is 0.407 e. The van der Waals surface area contributed by atoms with Crippen molar-refractivity contribution < 1.29 is 23.5 Å². The van der Waals surface area contributed by atoms with Crippen molar-refractivity contribution in [2.24, 2.45) is 0 Å². The zero-order valence-corrected chi connectivity index (χ0v) is 14.6. The second kappa shape index (κ2) is 8.01. The average Bonchev–Trinajstić information content (AvgIpc) is 2.81. The Kier molecular flexibility index (Phi) is 6.62. The van der Waals surface area contributed by atoms with Gasteiger partial charge in [-0.05, 0) is 40.7 Å². The average molecular weight is 326 g/mol. The van der Waals surface area contributed by atoms with E-state index in [9.17, 15) is 9.59 Å². The van der Waals surface area contributed by atoms with Crippen LogP contribution in [0.3, 0.4) is 0 Å². The van der Waals surface area contributed by atoms with Crippen molar-refractivity contribution in [3.63, 3.8) is 0 Å². The Morgan fingerprint density at radius 3 is 2.57 bits per heavy atom. The molecule has 1 atom stereocenters. The standard InChI is InChI=1S/C16H26N2O5/c1-10(8-18-15(20)23-16(3,4)5)17-9-12-7-13(11(2)22-12)14(19)21-6/h7,10,17H,8-9H2,1-6H3,(H,18,20). The van der Waals surface area contributed by atoms with Gasteiger partial charge < -0.3 is 24.5 Å². The molecule has 7 nitrogen and oxygen atoms in total. The van der Waals surface area contributed by atoms with Crippen molar-refractivity contribution in [2.45, 2.75) is 52.8 Å². The van der Waals surface area contributed by atoms with Crippen LogP contribution < -0.4 is 10.6 Å². The molecule has 0 aliphatic rings. The van der Waals surface area contributed by atoms with E-state index in [0.717, 1.165) is 0 Å². The monoisotopic (exact) mass is 326 g/mol. The van der Waals surface area contributed by atoms with E-state index in [0.29, 0.717) is 30.2 Å². The fourth-order valence-electron chi connectivity index (χ4n) is 1.84. The van der Waals surface area contributed by atoms with E-state index in [-0.39, 0.29) is 6.04 Å². The van der Waals surface area contributed by atoms with Crippen molar-refractivity contribution in [1.29, 1.82) is 0 Å². The molecule has 0 saturated heterocycles. The summed E-state index contributed by atoms with van der Waals surface area (Å²) >= 11 is 0. The fourth-order valence-corrected chi connectivity index (χ4v) is 1.84. The quantitative estimate of drug-likeness (QED) is 0.780. The Labute approximate surface area is 136 Å². The van der Waals surface area contributed by atoms with Crippen LogP contribution in [0.5, 0.6) is 0 Å². The Hall–Kier alpha value is -2.02. The first-order valence-corrected chi connectivity index (χ1v) is 7.50. The fraction of sp³-hybridized carbons (Fsp3) is 0.625. The van der Waals surface area contributed by atoms with E-state index in [1.54, 1.807) is 13.0 Å². The summed E-state index contributed by atoms with van der Waals surface area (Å²) in [5, 5.41) is 5.89. The lowest BCUT2D eigenvalue weighted by atomic mass is 10.2. The molecular formula is C16H26N2O5. The van der Waals surface area contributed by atoms with Gasteiger partial charge in [0.2, 0.25) is 0 Å². The topological polar surface area (TPSA) is 89.8 Å². The molecule has 1 heterocycles. The second-order valence-electron chi connectivity index (χ2n) is 6.34. The van der Waals surface area contributed by atoms with E-state index >= 15 is 0 Å². The maximum atomic E-state index is 11.6. The number of methoxy groups -OCH3 is 1. The molecule has 23 heavy (non-hydrogen) atoms. The minimum Gasteiger partial charge on any atom is -0.465 e. The van der Waals surface area contributed by atoms with Crippen LogP contribution in [0.1, 0.15) is 49.6 Å². The molecular weight excluding hydrogens is 300 g/mol. The number of aryl methyl sites for hydroxylation is 1. The molecule has 1 aromatic heterocycles. The Morgan fingerprint density at radius 1 is 1.35 bits per heavy atom. The zero-order valence-electron chi connectivity index (χ0n) is 14.6. The summed E-state index contributed by atoms with van der Waals surface area (Å²) < 4.78 is 15.3. The maximum absolute atomic E-state index is 11.6. The minimum absolute atomic E-state index is 0.00880. The number of esters is 1. The number of ether oxygens (including phenoxy) is 2. The summed E-state index contributed by atoms with van der Waals surface area (Å²) in [5.41, 5.74) is -0.0969. The van der Waals surface area contributed by atoms with E-state index in [4.69, 9.17) is 9.15 Å². The van der Waals surface area contributed by atoms with Gasteiger partial charge >= 0.3 is 12.1 Å². The van der Waals surface area contributed by atoms with Crippen LogP contribution in [-0.4, -0.2) is 37.4 Å². The van der Waals surface area contributed by atoms with Gasteiger partial charge in [0.15, 0.2) is 0 Å². The highest BCUT2D eigenvalue weighted by atomic mass is 16.6. The molecule has 1 unspecified atom stereocenters. The van der Waals surface area contributed by atoms with Crippen LogP contribution in [0, 0.1) is 6.92 Å². The van der Waals surface area contributed by atoms with E-state index in [1.165, 1.54) is 7.11 Å². The predicted octanol–water partition coefficient (Wildman–Crippen LogP) is 2.38. The summed E-state index contributed by atoms with van der Waals surface area (Å²) in [6.45, 7) is 9.93. The number of furan rings is 1. The molecule has 0 aliphatic heterocycles. The summed E-state index contributed by atoms with van der Waals surface area (Å²) in [6, 6.07) is 1.66. The van der Waals surface area contributed by atoms with E-state index in [2.05, 4.69) is 15.4 Å². The molecule has 7 heteroatoms. The molecule has 0 fully saturated rings. The summed E-state index contributed by atoms with van der Waals surface area (Å²) in [6.07, 6.45) is -0.451. The van der Waals surface area contributed by atoms with E-state index < -0.39 is 17.7 Å². The molecule has 1 rings (SSSR count). The highest BCUT2D eigenvalue weighted by molar-refractivity contribution is 5.90. The van der Waals surface area contributed by atoms with Crippen molar-refractivity contribution in [3.8, 4) is 0 Å². The van der Waals surface area contributed by atoms with Crippen molar-refractivity contribution in [2.75, 3.05) is 13.7 Å². The smallest absolute Gasteiger partial charge is 0.407 e. The normalized spacial score (nSPS) is 12.6. The minimum atomic E-state index is -0.517. The zero-order chi connectivity index (χ0) is 17.6. The largest absolute Gasteiger partial charge is 0.465 e. The summed E-state index contributed by atoms with van der Waals surface area (Å²) in [4.78, 5) is 23.1. The molecule has 0 aromatic carbocycles. The van der Waals surface area contributed by atoms with Gasteiger partial charge in [-0.3, -0.25) is 0 Å². The second-order valence-corrected chi connectivity index (χ2v) is 6.34. The van der Waals surface area contributed by atoms with Crippen LogP contribution in [0.15, 0.2) is 10.5 Å². The van der Waals surface area contributed by atoms with Crippen LogP contribution in [-0.2, 0) is 16.0 Å². The summed E-state index contributed by atoms with van der Waals surface area (Å²) in [7, 11) is 1.33. The van der Waals surface area contributed by atoms with Crippen LogP contribution in [0.25, 0.3) is 0 Å². The van der Waals surface area contributed by atoms with Crippen LogP contribution in [0.2, 0.25) is 0 Å². The molecule has 0 aliphatic carbocycles. The third-order valence-electron chi connectivity index (χ3n) is 2.95. The van der Waals surface area contributed by atoms with Crippen molar-refractivity contribution >= 4 is 12.1 Å². The number of carbonyl (C=O) groups is 2. The Bertz CT molecular complexity index is 545. The van der Waals surface area contributed by atoms with Gasteiger partial charge in [0, 0.05) is 12.6 Å². The molecule has 1 amide bonds. The van der Waals surface area contributed by atoms with Gasteiger partial charge in [0.25, 0.3) is 0 Å². The number of carbonyl (C=O) groups excluding carboxylic acids is 2. The van der Waals surface area contributed by atoms with Crippen molar-refractivity contribution in [3.05, 3.63) is 23.2 Å². The number of hydrogen-bond acceptors (Lipinski definition) is 6. The molecule has 1 aromatic rings. The number of hydrogen-bond donors (Lipinski definition) is 2. The highest BCUT2D eigenvalue weighted by Gasteiger charge is 2.17. The molecule has 0 spiro atoms. The number of rotatable bonds is 6. The first kappa shape index (κ1) is 19.0. The van der Waals surface area contributed by atoms with Gasteiger partial charge in [-0.2, -0.15) is 0 Å². The molecule has 2 N–H and O–H groups in total. The van der Waals surface area contributed by atoms with Gasteiger partial charge in [-0.15, -0.1) is 0 Å². The third kappa shape index (κ3) is 6.73. The first-order valence-electron chi connectivity index (χ1n) is 7.50. The lowest BCUT2D eigenvalue weighted by Crippen LogP contribution is -2.40. The molecule has 0 bridgehead atoms. The van der Waals surface area contributed by atoms with Gasteiger partial charge in [0.05, 0.1) is 13.7 Å². The summed E-state index contributed by atoms with van der Waals surface area (Å²) in [5.74, 6) is 0.734. The van der Waals surface area contributed by atoms with Crippen molar-refractivity contribution in [1.82, 2.24) is 10.6 Å². The van der Waals surface area contributed by atoms with Gasteiger partial charge in [-0.1, -0.05) is 0 Å². The SMILES string of the molecule is COC(=O)c1cc(CNC(C)CNC(=O)OC(C)(C)C)oc1C. The van der Waals surface area contributed by atoms with E-state index in [1.807, 2.05) is 27.7 Å². The lowest BCUT2D eigenvalue weighted by molar-refractivity contribution is 0.0522. The van der Waals surface area contributed by atoms with Crippen LogP contribution >= 0.6 is 0 Å². The predicted molar refractivity (Wildman–Crippen MR) is 85.3 cm³/mol. The number of alkyl carbamates (subject to hydrolysis) is 1. The molecule has 0 radical (unpaired) electrons. The van der Waals surface area contributed by atoms with Crippen LogP contribution in [0.4, 0.5) is 4.79 Å². The number of nitrogens with one attached hydrogen (secondary N) is 2. The Morgan fingerprint density at radius 2 is 2.00 bits per heavy atom.